The number of methoxy groups -OCH3 is 1. The lowest BCUT2D eigenvalue weighted by atomic mass is 9.85. The van der Waals surface area contributed by atoms with Crippen LogP contribution in [0.4, 0.5) is 5.69 Å². The van der Waals surface area contributed by atoms with E-state index in [1.807, 2.05) is 18.2 Å². The van der Waals surface area contributed by atoms with Gasteiger partial charge in [0.15, 0.2) is 0 Å². The summed E-state index contributed by atoms with van der Waals surface area (Å²) in [6.07, 6.45) is 8.30. The number of benzene rings is 1. The van der Waals surface area contributed by atoms with E-state index in [1.54, 1.807) is 7.11 Å². The third-order valence-corrected chi connectivity index (χ3v) is 4.74. The van der Waals surface area contributed by atoms with Crippen LogP contribution in [0.1, 0.15) is 51.0 Å². The van der Waals surface area contributed by atoms with E-state index in [0.29, 0.717) is 5.92 Å². The van der Waals surface area contributed by atoms with Crippen LogP contribution in [-0.4, -0.2) is 19.2 Å². The van der Waals surface area contributed by atoms with Gasteiger partial charge < -0.3 is 15.5 Å². The number of anilines is 1. The van der Waals surface area contributed by atoms with Gasteiger partial charge in [-0.05, 0) is 68.0 Å². The number of hydrogen-bond donors (Lipinski definition) is 2. The van der Waals surface area contributed by atoms with Gasteiger partial charge >= 0.3 is 0 Å². The molecule has 2 unspecified atom stereocenters. The first-order chi connectivity index (χ1) is 11.2. The highest BCUT2D eigenvalue weighted by molar-refractivity contribution is 5.94. The van der Waals surface area contributed by atoms with Gasteiger partial charge in [-0.25, -0.2) is 0 Å². The molecule has 4 nitrogen and oxygen atoms in total. The maximum absolute atomic E-state index is 12.6. The molecule has 23 heavy (non-hydrogen) atoms. The summed E-state index contributed by atoms with van der Waals surface area (Å²) >= 11 is 0. The number of hydrogen-bond acceptors (Lipinski definition) is 3. The summed E-state index contributed by atoms with van der Waals surface area (Å²) in [4.78, 5) is 12.6. The van der Waals surface area contributed by atoms with Gasteiger partial charge in [-0.15, -0.1) is 0 Å². The van der Waals surface area contributed by atoms with Crippen LogP contribution < -0.4 is 10.1 Å². The summed E-state index contributed by atoms with van der Waals surface area (Å²) in [5, 5.41) is 10.3. The summed E-state index contributed by atoms with van der Waals surface area (Å²) < 4.78 is 5.28. The van der Waals surface area contributed by atoms with E-state index in [0.717, 1.165) is 61.9 Å². The van der Waals surface area contributed by atoms with Gasteiger partial charge in [-0.2, -0.15) is 0 Å². The molecule has 1 amide bonds. The zero-order valence-electron chi connectivity index (χ0n) is 14.2. The minimum absolute atomic E-state index is 0.0654. The molecule has 1 aliphatic rings. The molecule has 0 fully saturated rings. The Morgan fingerprint density at radius 3 is 2.96 bits per heavy atom. The molecule has 0 radical (unpaired) electrons. The van der Waals surface area contributed by atoms with E-state index in [9.17, 15) is 4.79 Å². The molecule has 2 rings (SSSR count). The Balaban J connectivity index is 2.05. The number of fused-ring (bicyclic) bond motifs is 1. The van der Waals surface area contributed by atoms with E-state index in [2.05, 4.69) is 12.2 Å². The molecule has 1 heterocycles. The van der Waals surface area contributed by atoms with Crippen molar-refractivity contribution in [1.82, 2.24) is 0 Å². The minimum atomic E-state index is 0.0654. The van der Waals surface area contributed by atoms with Gasteiger partial charge in [0.1, 0.15) is 5.75 Å². The van der Waals surface area contributed by atoms with Gasteiger partial charge in [0.05, 0.1) is 7.11 Å². The van der Waals surface area contributed by atoms with Crippen LogP contribution in [0.3, 0.4) is 0 Å². The molecule has 0 saturated heterocycles. The Kier molecular flexibility index (Phi) is 6.63. The van der Waals surface area contributed by atoms with Crippen LogP contribution in [0.2, 0.25) is 0 Å². The molecule has 0 aromatic heterocycles. The first kappa shape index (κ1) is 17.5. The summed E-state index contributed by atoms with van der Waals surface area (Å²) in [6, 6.07) is 5.85. The van der Waals surface area contributed by atoms with Crippen molar-refractivity contribution in [2.75, 3.05) is 12.4 Å². The fraction of sp³-hybridized carbons (Fsp3) is 0.579. The second kappa shape index (κ2) is 8.70. The zero-order valence-corrected chi connectivity index (χ0v) is 14.2. The number of aryl methyl sites for hydroxylation is 1. The monoisotopic (exact) mass is 316 g/mol. The molecule has 1 aromatic carbocycles. The molecular formula is C19H28N2O2. The van der Waals surface area contributed by atoms with Crippen molar-refractivity contribution in [2.45, 2.75) is 51.9 Å². The van der Waals surface area contributed by atoms with E-state index >= 15 is 0 Å². The van der Waals surface area contributed by atoms with E-state index in [-0.39, 0.29) is 11.8 Å². The molecule has 2 N–H and O–H groups in total. The average Bonchev–Trinajstić information content (AvgIpc) is 2.71. The maximum atomic E-state index is 12.6. The van der Waals surface area contributed by atoms with Crippen molar-refractivity contribution < 1.29 is 9.53 Å². The third-order valence-electron chi connectivity index (χ3n) is 4.74. The van der Waals surface area contributed by atoms with Crippen LogP contribution in [0.5, 0.6) is 5.75 Å². The Morgan fingerprint density at radius 2 is 2.26 bits per heavy atom. The van der Waals surface area contributed by atoms with Gasteiger partial charge in [0.2, 0.25) is 5.91 Å². The fourth-order valence-corrected chi connectivity index (χ4v) is 3.46. The maximum Gasteiger partial charge on any atom is 0.227 e. The lowest BCUT2D eigenvalue weighted by Gasteiger charge is -2.21. The third kappa shape index (κ3) is 4.81. The smallest absolute Gasteiger partial charge is 0.227 e. The van der Waals surface area contributed by atoms with Crippen molar-refractivity contribution in [3.63, 3.8) is 0 Å². The number of ether oxygens (including phenoxy) is 1. The fourth-order valence-electron chi connectivity index (χ4n) is 3.46. The zero-order chi connectivity index (χ0) is 16.7. The minimum Gasteiger partial charge on any atom is -0.497 e. The van der Waals surface area contributed by atoms with Crippen LogP contribution >= 0.6 is 0 Å². The number of nitrogens with one attached hydrogen (secondary N) is 2. The highest BCUT2D eigenvalue weighted by atomic mass is 16.5. The van der Waals surface area contributed by atoms with Gasteiger partial charge in [0.25, 0.3) is 0 Å². The summed E-state index contributed by atoms with van der Waals surface area (Å²) in [5.41, 5.74) is 2.08. The quantitative estimate of drug-likeness (QED) is 0.697. The predicted octanol–water partition coefficient (Wildman–Crippen LogP) is 4.43. The number of carbonyl (C=O) groups is 1. The predicted molar refractivity (Wildman–Crippen MR) is 94.5 cm³/mol. The lowest BCUT2D eigenvalue weighted by Crippen LogP contribution is -2.24. The summed E-state index contributed by atoms with van der Waals surface area (Å²) in [6.45, 7) is 2.19. The number of carbonyl (C=O) groups excluding carboxylic acids is 1. The van der Waals surface area contributed by atoms with E-state index in [1.165, 1.54) is 6.21 Å². The van der Waals surface area contributed by atoms with Crippen molar-refractivity contribution in [3.05, 3.63) is 23.8 Å². The molecule has 2 atom stereocenters. The number of amides is 1. The molecule has 4 heteroatoms. The van der Waals surface area contributed by atoms with Crippen molar-refractivity contribution in [1.29, 1.82) is 5.41 Å². The Bertz CT molecular complexity index is 542. The Labute approximate surface area is 139 Å². The van der Waals surface area contributed by atoms with Crippen LogP contribution in [0.15, 0.2) is 18.2 Å². The standard InChI is InChI=1S/C19H28N2O2/c1-3-5-14(6-4-11-20)12-16-8-7-15-13-17(23-2)9-10-18(15)21-19(16)22/h9-11,13-14,16,20H,3-8,12H2,1-2H3,(H,21,22). The summed E-state index contributed by atoms with van der Waals surface area (Å²) in [7, 11) is 1.67. The average molecular weight is 316 g/mol. The number of rotatable bonds is 8. The lowest BCUT2D eigenvalue weighted by molar-refractivity contribution is -0.120. The molecule has 0 spiro atoms. The van der Waals surface area contributed by atoms with E-state index in [4.69, 9.17) is 10.1 Å². The molecular weight excluding hydrogens is 288 g/mol. The van der Waals surface area contributed by atoms with Crippen molar-refractivity contribution in [2.24, 2.45) is 11.8 Å². The Morgan fingerprint density at radius 1 is 1.43 bits per heavy atom. The van der Waals surface area contributed by atoms with Crippen LogP contribution in [0.25, 0.3) is 0 Å². The molecule has 1 aliphatic heterocycles. The molecule has 0 aliphatic carbocycles. The SMILES string of the molecule is CCCC(CCC=N)CC1CCc2cc(OC)ccc2NC1=O. The highest BCUT2D eigenvalue weighted by Crippen LogP contribution is 2.32. The second-order valence-corrected chi connectivity index (χ2v) is 6.42. The first-order valence-electron chi connectivity index (χ1n) is 8.64. The van der Waals surface area contributed by atoms with Gasteiger partial charge in [-0.3, -0.25) is 4.79 Å². The molecule has 1 aromatic rings. The molecule has 0 saturated carbocycles. The molecule has 126 valence electrons. The van der Waals surface area contributed by atoms with Crippen molar-refractivity contribution >= 4 is 17.8 Å². The summed E-state index contributed by atoms with van der Waals surface area (Å²) in [5.74, 6) is 1.58. The Hall–Kier alpha value is -1.84. The molecule has 0 bridgehead atoms. The van der Waals surface area contributed by atoms with Gasteiger partial charge in [0, 0.05) is 11.6 Å². The van der Waals surface area contributed by atoms with Gasteiger partial charge in [-0.1, -0.05) is 19.8 Å². The van der Waals surface area contributed by atoms with Crippen LogP contribution in [-0.2, 0) is 11.2 Å². The largest absolute Gasteiger partial charge is 0.497 e. The second-order valence-electron chi connectivity index (χ2n) is 6.42. The highest BCUT2D eigenvalue weighted by Gasteiger charge is 2.26. The topological polar surface area (TPSA) is 62.2 Å². The normalized spacial score (nSPS) is 18.5. The first-order valence-corrected chi connectivity index (χ1v) is 8.64. The van der Waals surface area contributed by atoms with E-state index < -0.39 is 0 Å². The van der Waals surface area contributed by atoms with Crippen molar-refractivity contribution in [3.8, 4) is 5.75 Å². The van der Waals surface area contributed by atoms with Crippen LogP contribution in [0, 0.1) is 17.2 Å².